The molecule has 0 fully saturated rings. The summed E-state index contributed by atoms with van der Waals surface area (Å²) < 4.78 is 5.22. The quantitative estimate of drug-likeness (QED) is 0.612. The second kappa shape index (κ2) is 9.71. The van der Waals surface area contributed by atoms with E-state index in [-0.39, 0.29) is 24.4 Å². The van der Waals surface area contributed by atoms with Crippen molar-refractivity contribution < 1.29 is 14.0 Å². The van der Waals surface area contributed by atoms with Crippen LogP contribution in [-0.2, 0) is 11.3 Å². The first-order valence-electron chi connectivity index (χ1n) is 9.48. The number of anilines is 1. The molecule has 1 heterocycles. The predicted molar refractivity (Wildman–Crippen MR) is 112 cm³/mol. The van der Waals surface area contributed by atoms with Crippen molar-refractivity contribution in [2.24, 2.45) is 0 Å². The number of hydrogen-bond donors (Lipinski definition) is 2. The number of amides is 2. The highest BCUT2D eigenvalue weighted by atomic mass is 16.3. The van der Waals surface area contributed by atoms with Crippen molar-refractivity contribution in [2.75, 3.05) is 18.9 Å². The number of nitrogens with zero attached hydrogens (tertiary/aromatic N) is 1. The second-order valence-corrected chi connectivity index (χ2v) is 6.89. The molecule has 1 unspecified atom stereocenters. The molecule has 0 radical (unpaired) electrons. The molecule has 0 bridgehead atoms. The lowest BCUT2D eigenvalue weighted by atomic mass is 10.1. The van der Waals surface area contributed by atoms with Gasteiger partial charge in [-0.2, -0.15) is 0 Å². The van der Waals surface area contributed by atoms with Gasteiger partial charge in [0, 0.05) is 17.3 Å². The van der Waals surface area contributed by atoms with E-state index in [4.69, 9.17) is 4.42 Å². The standard InChI is InChI=1S/C23H25N3O3/c1-17(26(2)16-22(27)24-15-21-12-7-13-29-21)19-10-6-11-20(14-19)25-23(28)18-8-4-3-5-9-18/h3-14,17H,15-16H2,1-2H3,(H,24,27)(H,25,28). The first-order chi connectivity index (χ1) is 14.0. The number of benzene rings is 2. The summed E-state index contributed by atoms with van der Waals surface area (Å²) in [5.41, 5.74) is 2.34. The molecule has 1 atom stereocenters. The second-order valence-electron chi connectivity index (χ2n) is 6.89. The van der Waals surface area contributed by atoms with Crippen LogP contribution in [0.3, 0.4) is 0 Å². The van der Waals surface area contributed by atoms with Gasteiger partial charge in [0.2, 0.25) is 5.91 Å². The minimum Gasteiger partial charge on any atom is -0.467 e. The highest BCUT2D eigenvalue weighted by Gasteiger charge is 2.16. The van der Waals surface area contributed by atoms with Gasteiger partial charge in [-0.05, 0) is 55.9 Å². The molecule has 2 amide bonds. The van der Waals surface area contributed by atoms with E-state index in [0.29, 0.717) is 12.1 Å². The summed E-state index contributed by atoms with van der Waals surface area (Å²) >= 11 is 0. The zero-order valence-electron chi connectivity index (χ0n) is 16.6. The maximum absolute atomic E-state index is 12.4. The molecule has 0 aliphatic heterocycles. The van der Waals surface area contributed by atoms with Gasteiger partial charge in [0.1, 0.15) is 5.76 Å². The van der Waals surface area contributed by atoms with Crippen molar-refractivity contribution >= 4 is 17.5 Å². The van der Waals surface area contributed by atoms with Crippen LogP contribution >= 0.6 is 0 Å². The van der Waals surface area contributed by atoms with Crippen LogP contribution < -0.4 is 10.6 Å². The summed E-state index contributed by atoms with van der Waals surface area (Å²) in [5, 5.41) is 5.77. The number of carbonyl (C=O) groups is 2. The average Bonchev–Trinajstić information content (AvgIpc) is 3.26. The molecular formula is C23H25N3O3. The van der Waals surface area contributed by atoms with Crippen molar-refractivity contribution in [3.05, 3.63) is 89.9 Å². The third-order valence-electron chi connectivity index (χ3n) is 4.76. The van der Waals surface area contributed by atoms with Crippen molar-refractivity contribution in [1.82, 2.24) is 10.2 Å². The Labute approximate surface area is 170 Å². The topological polar surface area (TPSA) is 74.6 Å². The van der Waals surface area contributed by atoms with Crippen LogP contribution in [-0.4, -0.2) is 30.3 Å². The summed E-state index contributed by atoms with van der Waals surface area (Å²) in [4.78, 5) is 26.5. The summed E-state index contributed by atoms with van der Waals surface area (Å²) in [6, 6.07) is 20.4. The summed E-state index contributed by atoms with van der Waals surface area (Å²) in [5.74, 6) is 0.487. The minimum absolute atomic E-state index is 0.00191. The Morgan fingerprint density at radius 1 is 1.03 bits per heavy atom. The number of rotatable bonds is 8. The van der Waals surface area contributed by atoms with E-state index in [1.165, 1.54) is 0 Å². The molecule has 0 aliphatic carbocycles. The molecule has 29 heavy (non-hydrogen) atoms. The first-order valence-corrected chi connectivity index (χ1v) is 9.48. The van der Waals surface area contributed by atoms with Crippen LogP contribution in [0.4, 0.5) is 5.69 Å². The molecule has 2 aromatic carbocycles. The van der Waals surface area contributed by atoms with E-state index in [9.17, 15) is 9.59 Å². The van der Waals surface area contributed by atoms with E-state index in [1.807, 2.05) is 67.4 Å². The van der Waals surface area contributed by atoms with Gasteiger partial charge in [-0.25, -0.2) is 0 Å². The van der Waals surface area contributed by atoms with E-state index in [1.54, 1.807) is 24.5 Å². The maximum atomic E-state index is 12.4. The molecule has 2 N–H and O–H groups in total. The van der Waals surface area contributed by atoms with Gasteiger partial charge in [0.25, 0.3) is 5.91 Å². The molecule has 0 saturated heterocycles. The molecule has 3 rings (SSSR count). The molecule has 0 spiro atoms. The number of furan rings is 1. The van der Waals surface area contributed by atoms with Gasteiger partial charge in [0.15, 0.2) is 0 Å². The van der Waals surface area contributed by atoms with Crippen LogP contribution in [0.1, 0.15) is 34.6 Å². The fraction of sp³-hybridized carbons (Fsp3) is 0.217. The van der Waals surface area contributed by atoms with E-state index < -0.39 is 0 Å². The van der Waals surface area contributed by atoms with Gasteiger partial charge in [-0.15, -0.1) is 0 Å². The fourth-order valence-corrected chi connectivity index (χ4v) is 2.94. The number of nitrogens with one attached hydrogen (secondary N) is 2. The molecular weight excluding hydrogens is 366 g/mol. The molecule has 6 heteroatoms. The van der Waals surface area contributed by atoms with Gasteiger partial charge in [-0.3, -0.25) is 14.5 Å². The number of carbonyl (C=O) groups excluding carboxylic acids is 2. The predicted octanol–water partition coefficient (Wildman–Crippen LogP) is 3.84. The highest BCUT2D eigenvalue weighted by molar-refractivity contribution is 6.04. The molecule has 0 aliphatic rings. The van der Waals surface area contributed by atoms with Gasteiger partial charge < -0.3 is 15.1 Å². The normalized spacial score (nSPS) is 11.8. The summed E-state index contributed by atoms with van der Waals surface area (Å²) in [6.07, 6.45) is 1.58. The molecule has 0 saturated carbocycles. The Morgan fingerprint density at radius 2 is 1.83 bits per heavy atom. The smallest absolute Gasteiger partial charge is 0.255 e. The van der Waals surface area contributed by atoms with E-state index in [2.05, 4.69) is 10.6 Å². The maximum Gasteiger partial charge on any atom is 0.255 e. The summed E-state index contributed by atoms with van der Waals surface area (Å²) in [7, 11) is 1.90. The third kappa shape index (κ3) is 5.80. The van der Waals surface area contributed by atoms with Crippen molar-refractivity contribution in [3.8, 4) is 0 Å². The Bertz CT molecular complexity index is 939. The molecule has 3 aromatic rings. The zero-order valence-corrected chi connectivity index (χ0v) is 16.6. The van der Waals surface area contributed by atoms with Crippen LogP contribution in [0.15, 0.2) is 77.4 Å². The summed E-state index contributed by atoms with van der Waals surface area (Å²) in [6.45, 7) is 2.65. The number of hydrogen-bond acceptors (Lipinski definition) is 4. The van der Waals surface area contributed by atoms with Gasteiger partial charge >= 0.3 is 0 Å². The molecule has 150 valence electrons. The van der Waals surface area contributed by atoms with E-state index in [0.717, 1.165) is 17.0 Å². The van der Waals surface area contributed by atoms with Crippen molar-refractivity contribution in [3.63, 3.8) is 0 Å². The van der Waals surface area contributed by atoms with Crippen molar-refractivity contribution in [1.29, 1.82) is 0 Å². The first kappa shape index (κ1) is 20.4. The Hall–Kier alpha value is -3.38. The Kier molecular flexibility index (Phi) is 6.81. The largest absolute Gasteiger partial charge is 0.467 e. The lowest BCUT2D eigenvalue weighted by Crippen LogP contribution is -2.36. The number of likely N-dealkylation sites (N-methyl/N-ethyl adjacent to an activating group) is 1. The van der Waals surface area contributed by atoms with Crippen LogP contribution in [0.2, 0.25) is 0 Å². The Morgan fingerprint density at radius 3 is 2.55 bits per heavy atom. The SMILES string of the molecule is CC(c1cccc(NC(=O)c2ccccc2)c1)N(C)CC(=O)NCc1ccco1. The highest BCUT2D eigenvalue weighted by Crippen LogP contribution is 2.22. The van der Waals surface area contributed by atoms with E-state index >= 15 is 0 Å². The molecule has 1 aromatic heterocycles. The van der Waals surface area contributed by atoms with Gasteiger partial charge in [-0.1, -0.05) is 30.3 Å². The molecule has 6 nitrogen and oxygen atoms in total. The minimum atomic E-state index is -0.152. The van der Waals surface area contributed by atoms with Gasteiger partial charge in [0.05, 0.1) is 19.4 Å². The average molecular weight is 391 g/mol. The van der Waals surface area contributed by atoms with Crippen LogP contribution in [0, 0.1) is 0 Å². The lowest BCUT2D eigenvalue weighted by molar-refractivity contribution is -0.122. The third-order valence-corrected chi connectivity index (χ3v) is 4.76. The monoisotopic (exact) mass is 391 g/mol. The zero-order chi connectivity index (χ0) is 20.6. The lowest BCUT2D eigenvalue weighted by Gasteiger charge is -2.25. The van der Waals surface area contributed by atoms with Crippen LogP contribution in [0.5, 0.6) is 0 Å². The van der Waals surface area contributed by atoms with Crippen LogP contribution in [0.25, 0.3) is 0 Å². The fourth-order valence-electron chi connectivity index (χ4n) is 2.94. The van der Waals surface area contributed by atoms with Crippen molar-refractivity contribution in [2.45, 2.75) is 19.5 Å². The Balaban J connectivity index is 1.57.